The van der Waals surface area contributed by atoms with Gasteiger partial charge in [-0.1, -0.05) is 155 Å². The van der Waals surface area contributed by atoms with Gasteiger partial charge in [0.25, 0.3) is 0 Å². The molecule has 0 unspecified atom stereocenters. The number of fused-ring (bicyclic) bond motifs is 3. The minimum atomic E-state index is 1.08. The van der Waals surface area contributed by atoms with Crippen molar-refractivity contribution in [3.05, 3.63) is 174 Å². The first kappa shape index (κ1) is 26.4. The van der Waals surface area contributed by atoms with E-state index in [0.29, 0.717) is 0 Å². The van der Waals surface area contributed by atoms with Crippen LogP contribution in [0, 0.1) is 0 Å². The van der Waals surface area contributed by atoms with Crippen molar-refractivity contribution in [1.29, 1.82) is 0 Å². The van der Waals surface area contributed by atoms with E-state index in [9.17, 15) is 0 Å². The first-order chi connectivity index (χ1) is 21.7. The van der Waals surface area contributed by atoms with Crippen LogP contribution in [-0.4, -0.2) is 4.57 Å². The molecular formula is C42H28BrN. The fourth-order valence-corrected chi connectivity index (χ4v) is 6.66. The van der Waals surface area contributed by atoms with Crippen LogP contribution in [0.15, 0.2) is 174 Å². The van der Waals surface area contributed by atoms with Gasteiger partial charge in [0.15, 0.2) is 0 Å². The molecule has 0 aliphatic rings. The molecule has 208 valence electrons. The standard InChI is InChI=1S/C42H28BrN/c43-34-25-22-31(23-26-34)35-12-4-5-13-36(35)33-24-27-39-38-15-7-9-17-41(38)44(42(39)28-33)40-16-8-6-14-37(40)32-20-18-30(19-21-32)29-10-2-1-3-11-29/h1-28H. The Labute approximate surface area is 265 Å². The van der Waals surface area contributed by atoms with Crippen LogP contribution in [0.25, 0.3) is 72.0 Å². The summed E-state index contributed by atoms with van der Waals surface area (Å²) in [6.45, 7) is 0. The molecule has 0 atom stereocenters. The molecule has 1 nitrogen and oxygen atoms in total. The lowest BCUT2D eigenvalue weighted by Crippen LogP contribution is -1.97. The van der Waals surface area contributed by atoms with Crippen LogP contribution in [0.3, 0.4) is 0 Å². The molecule has 1 heterocycles. The molecule has 8 aromatic rings. The third-order valence-corrected chi connectivity index (χ3v) is 9.04. The van der Waals surface area contributed by atoms with Gasteiger partial charge in [-0.2, -0.15) is 0 Å². The van der Waals surface area contributed by atoms with Gasteiger partial charge in [0.1, 0.15) is 0 Å². The lowest BCUT2D eigenvalue weighted by molar-refractivity contribution is 1.18. The molecule has 0 aliphatic carbocycles. The smallest absolute Gasteiger partial charge is 0.0547 e. The van der Waals surface area contributed by atoms with Crippen LogP contribution < -0.4 is 0 Å². The number of para-hydroxylation sites is 2. The molecule has 0 fully saturated rings. The van der Waals surface area contributed by atoms with E-state index in [1.807, 2.05) is 0 Å². The Morgan fingerprint density at radius 3 is 1.61 bits per heavy atom. The Hall–Kier alpha value is -5.18. The summed E-state index contributed by atoms with van der Waals surface area (Å²) in [7, 11) is 0. The summed E-state index contributed by atoms with van der Waals surface area (Å²) in [6.07, 6.45) is 0. The molecule has 0 saturated heterocycles. The van der Waals surface area contributed by atoms with E-state index in [0.717, 1.165) is 4.47 Å². The van der Waals surface area contributed by atoms with Gasteiger partial charge < -0.3 is 4.57 Å². The molecule has 0 bridgehead atoms. The maximum absolute atomic E-state index is 3.59. The number of halogens is 1. The van der Waals surface area contributed by atoms with Crippen molar-refractivity contribution in [2.75, 3.05) is 0 Å². The number of hydrogen-bond acceptors (Lipinski definition) is 0. The highest BCUT2D eigenvalue weighted by atomic mass is 79.9. The second kappa shape index (κ2) is 11.1. The van der Waals surface area contributed by atoms with Crippen LogP contribution in [-0.2, 0) is 0 Å². The molecule has 0 spiro atoms. The predicted molar refractivity (Wildman–Crippen MR) is 190 cm³/mol. The fraction of sp³-hybridized carbons (Fsp3) is 0. The van der Waals surface area contributed by atoms with Crippen molar-refractivity contribution in [2.45, 2.75) is 0 Å². The number of nitrogens with zero attached hydrogens (tertiary/aromatic N) is 1. The maximum atomic E-state index is 3.59. The number of rotatable bonds is 5. The normalized spacial score (nSPS) is 11.3. The minimum Gasteiger partial charge on any atom is -0.309 e. The third kappa shape index (κ3) is 4.65. The Bertz CT molecular complexity index is 2260. The largest absolute Gasteiger partial charge is 0.309 e. The summed E-state index contributed by atoms with van der Waals surface area (Å²) in [4.78, 5) is 0. The van der Waals surface area contributed by atoms with Crippen LogP contribution in [0.1, 0.15) is 0 Å². The predicted octanol–water partition coefficient (Wildman–Crippen LogP) is 12.2. The lowest BCUT2D eigenvalue weighted by Gasteiger charge is -2.15. The zero-order valence-electron chi connectivity index (χ0n) is 24.0. The summed E-state index contributed by atoms with van der Waals surface area (Å²) < 4.78 is 3.52. The van der Waals surface area contributed by atoms with Crippen LogP contribution in [0.5, 0.6) is 0 Å². The Morgan fingerprint density at radius 1 is 0.341 bits per heavy atom. The molecular weight excluding hydrogens is 598 g/mol. The van der Waals surface area contributed by atoms with Gasteiger partial charge >= 0.3 is 0 Å². The fourth-order valence-electron chi connectivity index (χ4n) is 6.40. The molecule has 0 radical (unpaired) electrons. The molecule has 0 aliphatic heterocycles. The van der Waals surface area contributed by atoms with E-state index in [4.69, 9.17) is 0 Å². The first-order valence-electron chi connectivity index (χ1n) is 14.9. The van der Waals surface area contributed by atoms with Gasteiger partial charge in [-0.25, -0.2) is 0 Å². The monoisotopic (exact) mass is 625 g/mol. The van der Waals surface area contributed by atoms with E-state index in [-0.39, 0.29) is 0 Å². The summed E-state index contributed by atoms with van der Waals surface area (Å²) in [5, 5.41) is 2.50. The third-order valence-electron chi connectivity index (χ3n) is 8.52. The molecule has 2 heteroatoms. The second-order valence-electron chi connectivity index (χ2n) is 11.1. The van der Waals surface area contributed by atoms with Crippen LogP contribution in [0.2, 0.25) is 0 Å². The Balaban J connectivity index is 1.32. The zero-order valence-corrected chi connectivity index (χ0v) is 25.6. The number of hydrogen-bond donors (Lipinski definition) is 0. The van der Waals surface area contributed by atoms with Crippen molar-refractivity contribution in [1.82, 2.24) is 4.57 Å². The molecule has 7 aromatic carbocycles. The number of aromatic nitrogens is 1. The van der Waals surface area contributed by atoms with Crippen LogP contribution in [0.4, 0.5) is 0 Å². The quantitative estimate of drug-likeness (QED) is 0.179. The van der Waals surface area contributed by atoms with E-state index in [2.05, 4.69) is 190 Å². The van der Waals surface area contributed by atoms with Gasteiger partial charge in [-0.05, 0) is 69.3 Å². The first-order valence-corrected chi connectivity index (χ1v) is 15.7. The van der Waals surface area contributed by atoms with E-state index >= 15 is 0 Å². The second-order valence-corrected chi connectivity index (χ2v) is 12.0. The highest BCUT2D eigenvalue weighted by Gasteiger charge is 2.17. The summed E-state index contributed by atoms with van der Waals surface area (Å²) in [5.74, 6) is 0. The molecule has 8 rings (SSSR count). The zero-order chi connectivity index (χ0) is 29.5. The molecule has 0 N–H and O–H groups in total. The SMILES string of the molecule is Brc1ccc(-c2ccccc2-c2ccc3c4ccccc4n(-c4ccccc4-c4ccc(-c5ccccc5)cc4)c3c2)cc1. The minimum absolute atomic E-state index is 1.08. The van der Waals surface area contributed by atoms with Gasteiger partial charge in [0.05, 0.1) is 16.7 Å². The summed E-state index contributed by atoms with van der Waals surface area (Å²) >= 11 is 3.59. The Morgan fingerprint density at radius 2 is 0.841 bits per heavy atom. The number of benzene rings is 7. The maximum Gasteiger partial charge on any atom is 0.0547 e. The van der Waals surface area contributed by atoms with Crippen molar-refractivity contribution in [2.24, 2.45) is 0 Å². The molecule has 0 saturated carbocycles. The average molecular weight is 627 g/mol. The molecule has 44 heavy (non-hydrogen) atoms. The Kier molecular flexibility index (Phi) is 6.70. The van der Waals surface area contributed by atoms with Crippen molar-refractivity contribution >= 4 is 37.7 Å². The van der Waals surface area contributed by atoms with Crippen molar-refractivity contribution in [3.8, 4) is 50.2 Å². The van der Waals surface area contributed by atoms with E-state index in [1.165, 1.54) is 72.0 Å². The molecule has 1 aromatic heterocycles. The topological polar surface area (TPSA) is 4.93 Å². The van der Waals surface area contributed by atoms with E-state index < -0.39 is 0 Å². The highest BCUT2D eigenvalue weighted by molar-refractivity contribution is 9.10. The van der Waals surface area contributed by atoms with Crippen molar-refractivity contribution < 1.29 is 0 Å². The van der Waals surface area contributed by atoms with Gasteiger partial charge in [-0.15, -0.1) is 0 Å². The summed E-state index contributed by atoms with van der Waals surface area (Å²) in [5.41, 5.74) is 13.3. The van der Waals surface area contributed by atoms with Crippen LogP contribution >= 0.6 is 15.9 Å². The highest BCUT2D eigenvalue weighted by Crippen LogP contribution is 2.40. The summed E-state index contributed by atoms with van der Waals surface area (Å²) in [6, 6.07) is 61.2. The van der Waals surface area contributed by atoms with Gasteiger partial charge in [-0.3, -0.25) is 0 Å². The average Bonchev–Trinajstić information content (AvgIpc) is 3.42. The van der Waals surface area contributed by atoms with Crippen molar-refractivity contribution in [3.63, 3.8) is 0 Å². The van der Waals surface area contributed by atoms with E-state index in [1.54, 1.807) is 0 Å². The molecule has 0 amide bonds. The van der Waals surface area contributed by atoms with Gasteiger partial charge in [0, 0.05) is 20.8 Å². The van der Waals surface area contributed by atoms with Gasteiger partial charge in [0.2, 0.25) is 0 Å². The lowest BCUT2D eigenvalue weighted by atomic mass is 9.94.